The second-order valence-corrected chi connectivity index (χ2v) is 8.05. The average molecular weight is 518 g/mol. The summed E-state index contributed by atoms with van der Waals surface area (Å²) < 4.78 is 49.4. The molecule has 2 aliphatic rings. The maximum atomic E-state index is 14.1. The Hall–Kier alpha value is -3.53. The molecule has 37 heavy (non-hydrogen) atoms. The van der Waals surface area contributed by atoms with Crippen molar-refractivity contribution >= 4 is 5.82 Å². The van der Waals surface area contributed by atoms with Crippen molar-refractivity contribution < 1.29 is 22.6 Å². The molecule has 1 saturated carbocycles. The fraction of sp³-hybridized carbons (Fsp3) is 0.556. The second-order valence-electron chi connectivity index (χ2n) is 8.05. The van der Waals surface area contributed by atoms with E-state index in [1.807, 2.05) is 18.7 Å². The van der Waals surface area contributed by atoms with Gasteiger partial charge in [-0.05, 0) is 12.8 Å². The Morgan fingerprint density at radius 1 is 0.676 bits per heavy atom. The van der Waals surface area contributed by atoms with Gasteiger partial charge in [0.05, 0.1) is 0 Å². The molecule has 7 nitrogen and oxygen atoms in total. The lowest BCUT2D eigenvalue weighted by Gasteiger charge is -2.17. The largest absolute Gasteiger partial charge is 0.462 e. The summed E-state index contributed by atoms with van der Waals surface area (Å²) in [7, 11) is 0. The topological polar surface area (TPSA) is 73.3 Å². The molecule has 3 heterocycles. The first-order chi connectivity index (χ1) is 18.1. The van der Waals surface area contributed by atoms with Gasteiger partial charge >= 0.3 is 0 Å². The highest BCUT2D eigenvalue weighted by Gasteiger charge is 2.21. The zero-order valence-electron chi connectivity index (χ0n) is 21.5. The van der Waals surface area contributed by atoms with Crippen LogP contribution in [0.5, 0.6) is 11.8 Å². The van der Waals surface area contributed by atoms with Gasteiger partial charge in [-0.25, -0.2) is 9.97 Å². The number of hydrogen-bond acceptors (Lipinski definition) is 7. The first-order valence-corrected chi connectivity index (χ1v) is 12.7. The van der Waals surface area contributed by atoms with Crippen LogP contribution in [0.15, 0.2) is 12.7 Å². The van der Waals surface area contributed by atoms with Crippen molar-refractivity contribution in [3.63, 3.8) is 0 Å². The van der Waals surface area contributed by atoms with E-state index in [0.29, 0.717) is 12.2 Å². The molecule has 1 aliphatic heterocycles. The van der Waals surface area contributed by atoms with Gasteiger partial charge < -0.3 is 14.4 Å². The summed E-state index contributed by atoms with van der Waals surface area (Å²) >= 11 is 0. The second kappa shape index (κ2) is 17.8. The van der Waals surface area contributed by atoms with Crippen molar-refractivity contribution in [2.24, 2.45) is 0 Å². The lowest BCUT2D eigenvalue weighted by Crippen LogP contribution is -2.21. The number of hydrogen-bond donors (Lipinski definition) is 0. The van der Waals surface area contributed by atoms with Crippen LogP contribution in [0.4, 0.5) is 19.0 Å². The number of nitrogens with zero attached hydrogens (tertiary/aromatic N) is 5. The minimum absolute atomic E-state index is 0.0127. The maximum absolute atomic E-state index is 14.1. The highest BCUT2D eigenvalue weighted by atomic mass is 19.2. The zero-order valence-corrected chi connectivity index (χ0v) is 21.5. The zero-order chi connectivity index (χ0) is 26.7. The van der Waals surface area contributed by atoms with E-state index in [1.54, 1.807) is 0 Å². The molecule has 4 rings (SSSR count). The molecule has 0 spiro atoms. The van der Waals surface area contributed by atoms with E-state index in [4.69, 9.17) is 9.47 Å². The summed E-state index contributed by atoms with van der Waals surface area (Å²) in [6.07, 6.45) is 13.3. The molecule has 0 atom stereocenters. The monoisotopic (exact) mass is 517 g/mol. The molecular formula is C27H34F3N5O2. The molecule has 0 aromatic carbocycles. The molecule has 2 aromatic heterocycles. The van der Waals surface area contributed by atoms with Crippen LogP contribution >= 0.6 is 0 Å². The number of halogens is 3. The maximum Gasteiger partial charge on any atom is 0.257 e. The van der Waals surface area contributed by atoms with E-state index in [-0.39, 0.29) is 19.1 Å². The fourth-order valence-corrected chi connectivity index (χ4v) is 3.47. The highest BCUT2D eigenvalue weighted by Crippen LogP contribution is 2.25. The quantitative estimate of drug-likeness (QED) is 0.383. The minimum Gasteiger partial charge on any atom is -0.462 e. The van der Waals surface area contributed by atoms with E-state index >= 15 is 0 Å². The van der Waals surface area contributed by atoms with Gasteiger partial charge in [0, 0.05) is 25.9 Å². The van der Waals surface area contributed by atoms with E-state index in [2.05, 4.69) is 43.6 Å². The molecule has 200 valence electrons. The van der Waals surface area contributed by atoms with Crippen LogP contribution in [0.1, 0.15) is 71.6 Å². The average Bonchev–Trinajstić information content (AvgIpc) is 3.66. The normalized spacial score (nSPS) is 13.6. The first-order valence-electron chi connectivity index (χ1n) is 12.7. The SMILES string of the molecule is C1CCCC1.CCC#CCOc1ncnc(F)c1F.CCC#CCOc1ncnc(N2CCCC2)c1F. The van der Waals surface area contributed by atoms with Crippen LogP contribution in [-0.4, -0.2) is 46.2 Å². The van der Waals surface area contributed by atoms with Crippen molar-refractivity contribution in [1.82, 2.24) is 19.9 Å². The van der Waals surface area contributed by atoms with Gasteiger partial charge in [0.15, 0.2) is 19.0 Å². The van der Waals surface area contributed by atoms with E-state index in [9.17, 15) is 13.2 Å². The van der Waals surface area contributed by atoms with Crippen LogP contribution in [0.2, 0.25) is 0 Å². The van der Waals surface area contributed by atoms with Crippen LogP contribution < -0.4 is 14.4 Å². The summed E-state index contributed by atoms with van der Waals surface area (Å²) in [5.74, 6) is 7.97. The summed E-state index contributed by atoms with van der Waals surface area (Å²) in [6.45, 7) is 5.64. The molecule has 10 heteroatoms. The molecule has 0 N–H and O–H groups in total. The number of ether oxygens (including phenoxy) is 2. The summed E-state index contributed by atoms with van der Waals surface area (Å²) in [5, 5.41) is 0. The van der Waals surface area contributed by atoms with Crippen molar-refractivity contribution in [3.05, 3.63) is 30.2 Å². The van der Waals surface area contributed by atoms with Gasteiger partial charge in [-0.15, -0.1) is 11.8 Å². The minimum atomic E-state index is -1.22. The summed E-state index contributed by atoms with van der Waals surface area (Å²) in [5.41, 5.74) is 0. The lowest BCUT2D eigenvalue weighted by molar-refractivity contribution is 0.317. The standard InChI is InChI=1S/C13H16FN3O.C9H8F2N2O.C5H10/c1-2-3-6-9-18-13-11(14)12(15-10-16-13)17-7-4-5-8-17;1-2-3-4-5-14-9-7(10)8(11)12-6-13-9;1-2-4-5-3-1/h10H,2,4-5,7-9H2,1H3;6H,2,5H2,1H3;1-5H2. The third-order valence-corrected chi connectivity index (χ3v) is 5.28. The van der Waals surface area contributed by atoms with Crippen LogP contribution in [0.3, 0.4) is 0 Å². The molecule has 0 amide bonds. The smallest absolute Gasteiger partial charge is 0.257 e. The van der Waals surface area contributed by atoms with Gasteiger partial charge in [-0.1, -0.05) is 57.8 Å². The van der Waals surface area contributed by atoms with Gasteiger partial charge in [0.2, 0.25) is 11.6 Å². The van der Waals surface area contributed by atoms with Crippen molar-refractivity contribution in [1.29, 1.82) is 0 Å². The summed E-state index contributed by atoms with van der Waals surface area (Å²) in [4.78, 5) is 16.1. The first kappa shape index (κ1) is 29.7. The number of anilines is 1. The van der Waals surface area contributed by atoms with E-state index in [1.165, 1.54) is 38.4 Å². The van der Waals surface area contributed by atoms with Crippen molar-refractivity contribution in [2.45, 2.75) is 71.6 Å². The molecule has 0 unspecified atom stereocenters. The Bertz CT molecular complexity index is 1060. The molecule has 0 radical (unpaired) electrons. The Kier molecular flexibility index (Phi) is 14.3. The Balaban J connectivity index is 0.000000224. The van der Waals surface area contributed by atoms with Gasteiger partial charge in [0.1, 0.15) is 12.7 Å². The molecular weight excluding hydrogens is 483 g/mol. The number of aromatic nitrogens is 4. The van der Waals surface area contributed by atoms with Gasteiger partial charge in [-0.2, -0.15) is 23.1 Å². The van der Waals surface area contributed by atoms with Gasteiger partial charge in [-0.3, -0.25) is 0 Å². The summed E-state index contributed by atoms with van der Waals surface area (Å²) in [6, 6.07) is 0. The van der Waals surface area contributed by atoms with E-state index < -0.39 is 23.5 Å². The van der Waals surface area contributed by atoms with Crippen LogP contribution in [0, 0.1) is 41.3 Å². The van der Waals surface area contributed by atoms with Crippen molar-refractivity contribution in [2.75, 3.05) is 31.2 Å². The predicted octanol–water partition coefficient (Wildman–Crippen LogP) is 5.51. The molecule has 2 fully saturated rings. The third-order valence-electron chi connectivity index (χ3n) is 5.28. The molecule has 1 aliphatic carbocycles. The van der Waals surface area contributed by atoms with Crippen molar-refractivity contribution in [3.8, 4) is 35.4 Å². The Morgan fingerprint density at radius 3 is 1.68 bits per heavy atom. The lowest BCUT2D eigenvalue weighted by atomic mass is 10.4. The van der Waals surface area contributed by atoms with E-state index in [0.717, 1.165) is 38.7 Å². The highest BCUT2D eigenvalue weighted by molar-refractivity contribution is 5.43. The third kappa shape index (κ3) is 10.9. The molecule has 1 saturated heterocycles. The molecule has 2 aromatic rings. The number of rotatable bonds is 5. The fourth-order valence-electron chi connectivity index (χ4n) is 3.47. The predicted molar refractivity (Wildman–Crippen MR) is 136 cm³/mol. The Labute approximate surface area is 217 Å². The van der Waals surface area contributed by atoms with Gasteiger partial charge in [0.25, 0.3) is 17.7 Å². The van der Waals surface area contributed by atoms with Crippen LogP contribution in [-0.2, 0) is 0 Å². The molecule has 0 bridgehead atoms. The van der Waals surface area contributed by atoms with Crippen LogP contribution in [0.25, 0.3) is 0 Å². The Morgan fingerprint density at radius 2 is 1.16 bits per heavy atom.